The predicted molar refractivity (Wildman–Crippen MR) is 109 cm³/mol. The molecule has 1 saturated heterocycles. The average Bonchev–Trinajstić information content (AvgIpc) is 3.04. The molecule has 7 heteroatoms. The van der Waals surface area contributed by atoms with Crippen LogP contribution in [0.25, 0.3) is 0 Å². The van der Waals surface area contributed by atoms with Crippen LogP contribution in [-0.2, 0) is 19.4 Å². The third-order valence-electron chi connectivity index (χ3n) is 4.84. The largest absolute Gasteiger partial charge is 0.312 e. The van der Waals surface area contributed by atoms with E-state index < -0.39 is 15.8 Å². The maximum absolute atomic E-state index is 13.2. The maximum Gasteiger partial charge on any atom is 0.232 e. The van der Waals surface area contributed by atoms with Crippen LogP contribution in [0, 0.1) is 5.92 Å². The number of amides is 2. The highest BCUT2D eigenvalue weighted by molar-refractivity contribution is 7.90. The number of sulfone groups is 1. The first-order valence-electron chi connectivity index (χ1n) is 9.17. The Kier molecular flexibility index (Phi) is 5.56. The molecular weight excluding hydrogens is 376 g/mol. The van der Waals surface area contributed by atoms with E-state index in [4.69, 9.17) is 0 Å². The summed E-state index contributed by atoms with van der Waals surface area (Å²) in [5.74, 6) is -0.640. The fourth-order valence-corrected chi connectivity index (χ4v) is 4.09. The molecule has 2 amide bonds. The second-order valence-corrected chi connectivity index (χ2v) is 9.32. The fourth-order valence-electron chi connectivity index (χ4n) is 3.46. The van der Waals surface area contributed by atoms with Gasteiger partial charge in [0.2, 0.25) is 11.8 Å². The number of rotatable bonds is 5. The van der Waals surface area contributed by atoms with Gasteiger partial charge in [0, 0.05) is 36.6 Å². The summed E-state index contributed by atoms with van der Waals surface area (Å²) >= 11 is 0. The average molecular weight is 401 g/mol. The van der Waals surface area contributed by atoms with Gasteiger partial charge in [-0.15, -0.1) is 0 Å². The van der Waals surface area contributed by atoms with E-state index in [2.05, 4.69) is 0 Å². The molecule has 1 heterocycles. The lowest BCUT2D eigenvalue weighted by molar-refractivity contribution is -0.124. The zero-order chi connectivity index (χ0) is 20.5. The van der Waals surface area contributed by atoms with E-state index in [1.807, 2.05) is 44.2 Å². The maximum atomic E-state index is 13.2. The van der Waals surface area contributed by atoms with Crippen molar-refractivity contribution < 1.29 is 18.0 Å². The third-order valence-corrected chi connectivity index (χ3v) is 5.97. The minimum Gasteiger partial charge on any atom is -0.312 e. The molecule has 0 N–H and O–H groups in total. The number of nitrogens with zero attached hydrogens (tertiary/aromatic N) is 2. The lowest BCUT2D eigenvalue weighted by Gasteiger charge is -2.29. The minimum atomic E-state index is -3.30. The molecule has 0 radical (unpaired) electrons. The van der Waals surface area contributed by atoms with E-state index in [1.165, 1.54) is 12.1 Å². The van der Waals surface area contributed by atoms with Crippen LogP contribution in [0.3, 0.4) is 0 Å². The number of anilines is 2. The van der Waals surface area contributed by atoms with Gasteiger partial charge in [0.25, 0.3) is 0 Å². The smallest absolute Gasteiger partial charge is 0.232 e. The van der Waals surface area contributed by atoms with Crippen LogP contribution in [0.1, 0.15) is 20.3 Å². The van der Waals surface area contributed by atoms with Gasteiger partial charge in [0.05, 0.1) is 10.8 Å². The van der Waals surface area contributed by atoms with Crippen molar-refractivity contribution >= 4 is 33.0 Å². The van der Waals surface area contributed by atoms with E-state index in [0.29, 0.717) is 12.2 Å². The van der Waals surface area contributed by atoms with Gasteiger partial charge in [-0.3, -0.25) is 9.59 Å². The van der Waals surface area contributed by atoms with Crippen LogP contribution < -0.4 is 9.80 Å². The monoisotopic (exact) mass is 400 g/mol. The molecule has 1 aliphatic rings. The lowest BCUT2D eigenvalue weighted by Crippen LogP contribution is -2.42. The summed E-state index contributed by atoms with van der Waals surface area (Å²) in [5.41, 5.74) is 1.41. The highest BCUT2D eigenvalue weighted by atomic mass is 32.2. The van der Waals surface area contributed by atoms with E-state index >= 15 is 0 Å². The molecule has 0 aliphatic carbocycles. The first-order chi connectivity index (χ1) is 13.2. The summed E-state index contributed by atoms with van der Waals surface area (Å²) in [4.78, 5) is 29.2. The molecule has 1 unspecified atom stereocenters. The molecular formula is C21H24N2O4S. The molecule has 0 bridgehead atoms. The van der Waals surface area contributed by atoms with Gasteiger partial charge in [-0.05, 0) is 50.2 Å². The zero-order valence-corrected chi connectivity index (χ0v) is 17.0. The van der Waals surface area contributed by atoms with E-state index in [0.717, 1.165) is 11.9 Å². The van der Waals surface area contributed by atoms with Gasteiger partial charge in [0.15, 0.2) is 9.84 Å². The molecule has 1 fully saturated rings. The van der Waals surface area contributed by atoms with E-state index in [9.17, 15) is 18.0 Å². The summed E-state index contributed by atoms with van der Waals surface area (Å²) in [7, 11) is -3.30. The Bertz CT molecular complexity index is 969. The SMILES string of the molecule is CC(C)N(C(=O)C1CC(=O)N(c2ccccc2)C1)c1ccc(S(C)(=O)=O)cc1. The number of carbonyl (C=O) groups excluding carboxylic acids is 2. The van der Waals surface area contributed by atoms with Crippen LogP contribution in [0.4, 0.5) is 11.4 Å². The van der Waals surface area contributed by atoms with Crippen molar-refractivity contribution in [3.8, 4) is 0 Å². The van der Waals surface area contributed by atoms with Crippen molar-refractivity contribution in [3.63, 3.8) is 0 Å². The first-order valence-corrected chi connectivity index (χ1v) is 11.1. The molecule has 2 aromatic rings. The Balaban J connectivity index is 1.83. The van der Waals surface area contributed by atoms with Crippen molar-refractivity contribution in [1.82, 2.24) is 0 Å². The molecule has 2 aromatic carbocycles. The van der Waals surface area contributed by atoms with Gasteiger partial charge in [0.1, 0.15) is 0 Å². The van der Waals surface area contributed by atoms with Crippen LogP contribution >= 0.6 is 0 Å². The Hall–Kier alpha value is -2.67. The standard InChI is InChI=1S/C21H24N2O4S/c1-15(2)23(18-9-11-19(12-10-18)28(3,26)27)21(25)16-13-20(24)22(14-16)17-7-5-4-6-8-17/h4-12,15-16H,13-14H2,1-3H3. The normalized spacial score (nSPS) is 17.2. The second kappa shape index (κ2) is 7.75. The highest BCUT2D eigenvalue weighted by Crippen LogP contribution is 2.29. The Morgan fingerprint density at radius 1 is 1.07 bits per heavy atom. The number of carbonyl (C=O) groups is 2. The topological polar surface area (TPSA) is 74.8 Å². The van der Waals surface area contributed by atoms with E-state index in [-0.39, 0.29) is 29.2 Å². The van der Waals surface area contributed by atoms with Crippen molar-refractivity contribution in [1.29, 1.82) is 0 Å². The molecule has 0 spiro atoms. The van der Waals surface area contributed by atoms with Gasteiger partial charge in [-0.1, -0.05) is 18.2 Å². The highest BCUT2D eigenvalue weighted by Gasteiger charge is 2.38. The van der Waals surface area contributed by atoms with E-state index in [1.54, 1.807) is 21.9 Å². The second-order valence-electron chi connectivity index (χ2n) is 7.31. The summed E-state index contributed by atoms with van der Waals surface area (Å²) in [6.45, 7) is 4.13. The number of benzene rings is 2. The van der Waals surface area contributed by atoms with Crippen LogP contribution in [0.5, 0.6) is 0 Å². The molecule has 1 atom stereocenters. The number of hydrogen-bond acceptors (Lipinski definition) is 4. The molecule has 28 heavy (non-hydrogen) atoms. The van der Waals surface area contributed by atoms with Crippen molar-refractivity contribution in [2.45, 2.75) is 31.2 Å². The Labute approximate surface area is 165 Å². The molecule has 1 aliphatic heterocycles. The first kappa shape index (κ1) is 20.1. The summed E-state index contributed by atoms with van der Waals surface area (Å²) < 4.78 is 23.3. The molecule has 6 nitrogen and oxygen atoms in total. The Morgan fingerprint density at radius 3 is 2.21 bits per heavy atom. The summed E-state index contributed by atoms with van der Waals surface area (Å²) in [6, 6.07) is 15.5. The molecule has 3 rings (SSSR count). The Morgan fingerprint density at radius 2 is 1.68 bits per heavy atom. The van der Waals surface area contributed by atoms with Crippen LogP contribution in [0.15, 0.2) is 59.5 Å². The van der Waals surface area contributed by atoms with Crippen molar-refractivity contribution in [2.75, 3.05) is 22.6 Å². The molecule has 0 saturated carbocycles. The van der Waals surface area contributed by atoms with Gasteiger partial charge >= 0.3 is 0 Å². The zero-order valence-electron chi connectivity index (χ0n) is 16.2. The minimum absolute atomic E-state index is 0.0688. The fraction of sp³-hybridized carbons (Fsp3) is 0.333. The quantitative estimate of drug-likeness (QED) is 0.773. The number of hydrogen-bond donors (Lipinski definition) is 0. The third kappa shape index (κ3) is 4.09. The van der Waals surface area contributed by atoms with Crippen molar-refractivity contribution in [2.24, 2.45) is 5.92 Å². The number of para-hydroxylation sites is 1. The van der Waals surface area contributed by atoms with Gasteiger partial charge in [-0.25, -0.2) is 8.42 Å². The molecule has 148 valence electrons. The van der Waals surface area contributed by atoms with Gasteiger partial charge < -0.3 is 9.80 Å². The van der Waals surface area contributed by atoms with Gasteiger partial charge in [-0.2, -0.15) is 0 Å². The summed E-state index contributed by atoms with van der Waals surface area (Å²) in [6.07, 6.45) is 1.31. The lowest BCUT2D eigenvalue weighted by atomic mass is 10.1. The van der Waals surface area contributed by atoms with Crippen LogP contribution in [0.2, 0.25) is 0 Å². The molecule has 0 aromatic heterocycles. The predicted octanol–water partition coefficient (Wildman–Crippen LogP) is 2.88. The van der Waals surface area contributed by atoms with Crippen LogP contribution in [-0.4, -0.2) is 39.1 Å². The summed E-state index contributed by atoms with van der Waals surface area (Å²) in [5, 5.41) is 0. The van der Waals surface area contributed by atoms with Crippen molar-refractivity contribution in [3.05, 3.63) is 54.6 Å².